The van der Waals surface area contributed by atoms with E-state index in [0.29, 0.717) is 9.99 Å². The Morgan fingerprint density at radius 2 is 1.93 bits per heavy atom. The van der Waals surface area contributed by atoms with Gasteiger partial charge in [0.15, 0.2) is 0 Å². The molecule has 80 valence electrons. The molecule has 1 aromatic carbocycles. The number of rotatable bonds is 0. The van der Waals surface area contributed by atoms with Gasteiger partial charge < -0.3 is 4.98 Å². The molecule has 0 aliphatic rings. The van der Waals surface area contributed by atoms with Crippen LogP contribution >= 0.6 is 15.9 Å². The number of alkyl halides is 3. The molecular formula is C10H7BrF3N. The predicted molar refractivity (Wildman–Crippen MR) is 55.7 cm³/mol. The Kier molecular flexibility index (Phi) is 2.30. The predicted octanol–water partition coefficient (Wildman–Crippen LogP) is 4.26. The SMILES string of the molecule is Cc1c(Br)[nH]c2c(C(F)(F)F)cccc12. The van der Waals surface area contributed by atoms with Crippen molar-refractivity contribution in [3.8, 4) is 0 Å². The second-order valence-corrected chi connectivity index (χ2v) is 4.08. The Hall–Kier alpha value is -0.970. The van der Waals surface area contributed by atoms with Crippen molar-refractivity contribution in [2.24, 2.45) is 0 Å². The number of fused-ring (bicyclic) bond motifs is 1. The number of hydrogen-bond donors (Lipinski definition) is 1. The van der Waals surface area contributed by atoms with E-state index in [2.05, 4.69) is 20.9 Å². The highest BCUT2D eigenvalue weighted by Crippen LogP contribution is 2.36. The molecule has 0 saturated carbocycles. The average Bonchev–Trinajstić information content (AvgIpc) is 2.41. The summed E-state index contributed by atoms with van der Waals surface area (Å²) in [5.74, 6) is 0. The van der Waals surface area contributed by atoms with Crippen molar-refractivity contribution in [3.05, 3.63) is 33.9 Å². The van der Waals surface area contributed by atoms with Gasteiger partial charge in [-0.1, -0.05) is 12.1 Å². The van der Waals surface area contributed by atoms with Crippen molar-refractivity contribution in [2.75, 3.05) is 0 Å². The maximum absolute atomic E-state index is 12.6. The van der Waals surface area contributed by atoms with Crippen LogP contribution in [0.3, 0.4) is 0 Å². The summed E-state index contributed by atoms with van der Waals surface area (Å²) in [5, 5.41) is 0.594. The first-order chi connectivity index (χ1) is 6.91. The van der Waals surface area contributed by atoms with Gasteiger partial charge in [-0.2, -0.15) is 13.2 Å². The molecule has 15 heavy (non-hydrogen) atoms. The first kappa shape index (κ1) is 10.5. The quantitative estimate of drug-likeness (QED) is 0.741. The largest absolute Gasteiger partial charge is 0.418 e. The number of benzene rings is 1. The Morgan fingerprint density at radius 1 is 1.27 bits per heavy atom. The van der Waals surface area contributed by atoms with Crippen molar-refractivity contribution in [3.63, 3.8) is 0 Å². The van der Waals surface area contributed by atoms with Crippen molar-refractivity contribution in [1.29, 1.82) is 0 Å². The number of nitrogens with one attached hydrogen (secondary N) is 1. The van der Waals surface area contributed by atoms with E-state index in [1.807, 2.05) is 0 Å². The van der Waals surface area contributed by atoms with Gasteiger partial charge in [0.2, 0.25) is 0 Å². The van der Waals surface area contributed by atoms with E-state index in [1.165, 1.54) is 6.07 Å². The lowest BCUT2D eigenvalue weighted by Gasteiger charge is -2.07. The lowest BCUT2D eigenvalue weighted by molar-refractivity contribution is -0.136. The summed E-state index contributed by atoms with van der Waals surface area (Å²) in [7, 11) is 0. The minimum atomic E-state index is -4.32. The van der Waals surface area contributed by atoms with Gasteiger partial charge in [0.1, 0.15) is 0 Å². The van der Waals surface area contributed by atoms with Crippen LogP contribution in [-0.2, 0) is 6.18 Å². The van der Waals surface area contributed by atoms with E-state index in [0.717, 1.165) is 11.6 Å². The van der Waals surface area contributed by atoms with Crippen LogP contribution in [0.5, 0.6) is 0 Å². The zero-order chi connectivity index (χ0) is 11.2. The molecule has 1 nitrogen and oxygen atoms in total. The van der Waals surface area contributed by atoms with E-state index >= 15 is 0 Å². The van der Waals surface area contributed by atoms with Crippen molar-refractivity contribution in [2.45, 2.75) is 13.1 Å². The third kappa shape index (κ3) is 1.65. The Morgan fingerprint density at radius 3 is 2.53 bits per heavy atom. The molecule has 0 unspecified atom stereocenters. The van der Waals surface area contributed by atoms with Crippen LogP contribution in [0.2, 0.25) is 0 Å². The van der Waals surface area contributed by atoms with Gasteiger partial charge in [0.25, 0.3) is 0 Å². The number of hydrogen-bond acceptors (Lipinski definition) is 0. The molecule has 5 heteroatoms. The van der Waals surface area contributed by atoms with Crippen LogP contribution in [0.4, 0.5) is 13.2 Å². The van der Waals surface area contributed by atoms with Crippen LogP contribution < -0.4 is 0 Å². The second-order valence-electron chi connectivity index (χ2n) is 3.29. The first-order valence-electron chi connectivity index (χ1n) is 4.25. The molecule has 0 atom stereocenters. The first-order valence-corrected chi connectivity index (χ1v) is 5.04. The summed E-state index contributed by atoms with van der Waals surface area (Å²) in [6.07, 6.45) is -4.32. The molecule has 0 amide bonds. The fourth-order valence-electron chi connectivity index (χ4n) is 1.56. The molecule has 0 fully saturated rings. The van der Waals surface area contributed by atoms with Gasteiger partial charge in [-0.3, -0.25) is 0 Å². The zero-order valence-corrected chi connectivity index (χ0v) is 9.33. The average molecular weight is 278 g/mol. The smallest absolute Gasteiger partial charge is 0.349 e. The van der Waals surface area contributed by atoms with E-state index in [4.69, 9.17) is 0 Å². The van der Waals surface area contributed by atoms with Crippen molar-refractivity contribution in [1.82, 2.24) is 4.98 Å². The summed E-state index contributed by atoms with van der Waals surface area (Å²) in [5.41, 5.74) is 0.291. The minimum absolute atomic E-state index is 0.134. The maximum Gasteiger partial charge on any atom is 0.418 e. The highest BCUT2D eigenvalue weighted by atomic mass is 79.9. The lowest BCUT2D eigenvalue weighted by Crippen LogP contribution is -2.05. The molecule has 0 aliphatic carbocycles. The zero-order valence-electron chi connectivity index (χ0n) is 7.74. The van der Waals surface area contributed by atoms with Gasteiger partial charge in [-0.25, -0.2) is 0 Å². The van der Waals surface area contributed by atoms with Crippen molar-refractivity contribution >= 4 is 26.8 Å². The highest BCUT2D eigenvalue weighted by molar-refractivity contribution is 9.10. The Labute approximate surface area is 92.4 Å². The van der Waals surface area contributed by atoms with Gasteiger partial charge in [0.05, 0.1) is 15.7 Å². The van der Waals surface area contributed by atoms with Crippen LogP contribution in [0.1, 0.15) is 11.1 Å². The molecule has 1 aromatic heterocycles. The number of aryl methyl sites for hydroxylation is 1. The molecule has 0 aliphatic heterocycles. The van der Waals surface area contributed by atoms with E-state index in [-0.39, 0.29) is 5.52 Å². The molecular weight excluding hydrogens is 271 g/mol. The summed E-state index contributed by atoms with van der Waals surface area (Å²) < 4.78 is 38.5. The molecule has 2 rings (SSSR count). The summed E-state index contributed by atoms with van der Waals surface area (Å²) in [6, 6.07) is 4.16. The molecule has 1 heterocycles. The molecule has 0 radical (unpaired) electrons. The van der Waals surface area contributed by atoms with Gasteiger partial charge in [-0.05, 0) is 34.5 Å². The highest BCUT2D eigenvalue weighted by Gasteiger charge is 2.33. The van der Waals surface area contributed by atoms with Crippen LogP contribution in [0.25, 0.3) is 10.9 Å². The monoisotopic (exact) mass is 277 g/mol. The minimum Gasteiger partial charge on any atom is -0.349 e. The van der Waals surface area contributed by atoms with Crippen LogP contribution in [-0.4, -0.2) is 4.98 Å². The topological polar surface area (TPSA) is 15.8 Å². The van der Waals surface area contributed by atoms with Gasteiger partial charge in [-0.15, -0.1) is 0 Å². The fraction of sp³-hybridized carbons (Fsp3) is 0.200. The molecule has 2 aromatic rings. The summed E-state index contributed by atoms with van der Waals surface area (Å²) in [4.78, 5) is 2.70. The normalized spacial score (nSPS) is 12.3. The fourth-order valence-corrected chi connectivity index (χ4v) is 1.97. The lowest BCUT2D eigenvalue weighted by atomic mass is 10.1. The Balaban J connectivity index is 2.83. The third-order valence-corrected chi connectivity index (χ3v) is 3.13. The number of aromatic nitrogens is 1. The molecule has 0 spiro atoms. The van der Waals surface area contributed by atoms with Crippen molar-refractivity contribution < 1.29 is 13.2 Å². The number of para-hydroxylation sites is 1. The third-order valence-electron chi connectivity index (χ3n) is 2.34. The molecule has 0 bridgehead atoms. The standard InChI is InChI=1S/C10H7BrF3N/c1-5-6-3-2-4-7(10(12,13)14)8(6)15-9(5)11/h2-4,15H,1H3. The Bertz CT molecular complexity index is 513. The van der Waals surface area contributed by atoms with Gasteiger partial charge >= 0.3 is 6.18 Å². The van der Waals surface area contributed by atoms with Crippen LogP contribution in [0.15, 0.2) is 22.8 Å². The van der Waals surface area contributed by atoms with E-state index in [1.54, 1.807) is 13.0 Å². The van der Waals surface area contributed by atoms with Gasteiger partial charge in [0, 0.05) is 5.39 Å². The summed E-state index contributed by atoms with van der Waals surface area (Å²) >= 11 is 3.19. The number of aromatic amines is 1. The molecule has 0 saturated heterocycles. The number of halogens is 4. The molecule has 1 N–H and O–H groups in total. The van der Waals surface area contributed by atoms with Crippen LogP contribution in [0, 0.1) is 6.92 Å². The maximum atomic E-state index is 12.6. The second kappa shape index (κ2) is 3.27. The summed E-state index contributed by atoms with van der Waals surface area (Å²) in [6.45, 7) is 1.77. The number of H-pyrrole nitrogens is 1. The van der Waals surface area contributed by atoms with E-state index < -0.39 is 11.7 Å². The van der Waals surface area contributed by atoms with E-state index in [9.17, 15) is 13.2 Å².